The Bertz CT molecular complexity index is 1250. The third-order valence-electron chi connectivity index (χ3n) is 6.32. The number of Topliss-reactive ketones (excluding diaryl/α,β-unsaturated/α-hetero) is 1. The van der Waals surface area contributed by atoms with Crippen molar-refractivity contribution in [3.05, 3.63) is 64.9 Å². The molecule has 2 atom stereocenters. The summed E-state index contributed by atoms with van der Waals surface area (Å²) in [7, 11) is 1.64. The number of benzene rings is 2. The van der Waals surface area contributed by atoms with Crippen molar-refractivity contribution in [1.29, 1.82) is 0 Å². The average molecular weight is 446 g/mol. The number of anilines is 2. The first-order valence-corrected chi connectivity index (χ1v) is 10.9. The SMILES string of the molecule is COc1ccc([C@H]2CC(=O)C3=C(C2)Nc2nonc2N[C@H]3c2ccc3c(c2)OCCO3)cc1. The van der Waals surface area contributed by atoms with E-state index in [1.165, 1.54) is 0 Å². The van der Waals surface area contributed by atoms with E-state index in [9.17, 15) is 4.79 Å². The summed E-state index contributed by atoms with van der Waals surface area (Å²) in [5.74, 6) is 3.18. The van der Waals surface area contributed by atoms with Crippen LogP contribution in [0.4, 0.5) is 11.6 Å². The molecule has 3 aromatic rings. The van der Waals surface area contributed by atoms with Crippen LogP contribution in [0.5, 0.6) is 17.2 Å². The van der Waals surface area contributed by atoms with Crippen molar-refractivity contribution in [2.75, 3.05) is 31.0 Å². The molecule has 0 bridgehead atoms. The van der Waals surface area contributed by atoms with E-state index < -0.39 is 6.04 Å². The van der Waals surface area contributed by atoms with Crippen molar-refractivity contribution in [3.8, 4) is 17.2 Å². The molecule has 6 rings (SSSR count). The minimum absolute atomic E-state index is 0.0389. The van der Waals surface area contributed by atoms with Crippen molar-refractivity contribution in [3.63, 3.8) is 0 Å². The minimum Gasteiger partial charge on any atom is -0.497 e. The fraction of sp³-hybridized carbons (Fsp3) is 0.292. The zero-order valence-corrected chi connectivity index (χ0v) is 18.0. The van der Waals surface area contributed by atoms with E-state index in [0.29, 0.717) is 54.8 Å². The summed E-state index contributed by atoms with van der Waals surface area (Å²) in [6.45, 7) is 1.01. The Kier molecular flexibility index (Phi) is 4.67. The molecule has 0 radical (unpaired) electrons. The zero-order valence-electron chi connectivity index (χ0n) is 18.0. The molecule has 0 fully saturated rings. The maximum Gasteiger partial charge on any atom is 0.219 e. The van der Waals surface area contributed by atoms with Gasteiger partial charge >= 0.3 is 0 Å². The average Bonchev–Trinajstić information content (AvgIpc) is 3.22. The third kappa shape index (κ3) is 3.45. The highest BCUT2D eigenvalue weighted by Crippen LogP contribution is 2.45. The molecule has 1 aromatic heterocycles. The van der Waals surface area contributed by atoms with Gasteiger partial charge in [-0.3, -0.25) is 4.79 Å². The zero-order chi connectivity index (χ0) is 22.4. The number of aromatic nitrogens is 2. The Morgan fingerprint density at radius 1 is 0.939 bits per heavy atom. The van der Waals surface area contributed by atoms with Crippen molar-refractivity contribution in [1.82, 2.24) is 10.3 Å². The van der Waals surface area contributed by atoms with Gasteiger partial charge in [0.05, 0.1) is 13.2 Å². The standard InChI is InChI=1S/C24H22N4O5/c1-30-16-5-2-13(3-6-16)15-10-17-21(18(29)11-15)22(26-24-23(25-17)27-33-28-24)14-4-7-19-20(12-14)32-9-8-31-19/h2-7,12,15,22H,8-11H2,1H3,(H,25,27)(H,26,28)/t15-,22+/m1/s1. The molecule has 2 aliphatic heterocycles. The molecular formula is C24H22N4O5. The second-order valence-corrected chi connectivity index (χ2v) is 8.26. The fourth-order valence-electron chi connectivity index (χ4n) is 4.70. The van der Waals surface area contributed by atoms with Crippen LogP contribution in [0.3, 0.4) is 0 Å². The number of hydrogen-bond donors (Lipinski definition) is 2. The molecule has 0 saturated heterocycles. The molecule has 33 heavy (non-hydrogen) atoms. The lowest BCUT2D eigenvalue weighted by Gasteiger charge is -2.30. The summed E-state index contributed by atoms with van der Waals surface area (Å²) in [4.78, 5) is 13.6. The van der Waals surface area contributed by atoms with Gasteiger partial charge in [-0.2, -0.15) is 0 Å². The van der Waals surface area contributed by atoms with Crippen LogP contribution in [0, 0.1) is 0 Å². The summed E-state index contributed by atoms with van der Waals surface area (Å²) >= 11 is 0. The molecule has 1 aliphatic carbocycles. The molecule has 0 saturated carbocycles. The van der Waals surface area contributed by atoms with Crippen LogP contribution in [0.25, 0.3) is 0 Å². The van der Waals surface area contributed by atoms with Crippen LogP contribution < -0.4 is 24.8 Å². The van der Waals surface area contributed by atoms with E-state index in [0.717, 1.165) is 22.6 Å². The Balaban J connectivity index is 1.40. The van der Waals surface area contributed by atoms with Gasteiger partial charge in [0.15, 0.2) is 17.3 Å². The molecule has 3 heterocycles. The summed E-state index contributed by atoms with van der Waals surface area (Å²) < 4.78 is 21.7. The van der Waals surface area contributed by atoms with Crippen molar-refractivity contribution >= 4 is 17.4 Å². The van der Waals surface area contributed by atoms with Crippen LogP contribution in [0.2, 0.25) is 0 Å². The Labute approximate surface area is 189 Å². The maximum atomic E-state index is 13.6. The molecule has 9 nitrogen and oxygen atoms in total. The first-order chi connectivity index (χ1) is 16.2. The number of nitrogens with zero attached hydrogens (tertiary/aromatic N) is 2. The Morgan fingerprint density at radius 2 is 1.70 bits per heavy atom. The van der Waals surface area contributed by atoms with E-state index in [-0.39, 0.29) is 11.7 Å². The lowest BCUT2D eigenvalue weighted by atomic mass is 9.78. The molecule has 3 aliphatic rings. The van der Waals surface area contributed by atoms with Crippen LogP contribution in [0.1, 0.15) is 35.9 Å². The van der Waals surface area contributed by atoms with Gasteiger partial charge < -0.3 is 24.8 Å². The second kappa shape index (κ2) is 7.84. The second-order valence-electron chi connectivity index (χ2n) is 8.26. The van der Waals surface area contributed by atoms with Crippen LogP contribution >= 0.6 is 0 Å². The quantitative estimate of drug-likeness (QED) is 0.620. The molecule has 9 heteroatoms. The lowest BCUT2D eigenvalue weighted by molar-refractivity contribution is -0.116. The normalized spacial score (nSPS) is 21.3. The highest BCUT2D eigenvalue weighted by atomic mass is 16.6. The van der Waals surface area contributed by atoms with Gasteiger partial charge in [0.1, 0.15) is 19.0 Å². The summed E-state index contributed by atoms with van der Waals surface area (Å²) in [5.41, 5.74) is 3.45. The van der Waals surface area contributed by atoms with Crippen LogP contribution in [-0.2, 0) is 4.79 Å². The molecule has 168 valence electrons. The predicted octanol–water partition coefficient (Wildman–Crippen LogP) is 3.83. The number of nitrogens with one attached hydrogen (secondary N) is 2. The highest BCUT2D eigenvalue weighted by molar-refractivity contribution is 6.00. The maximum absolute atomic E-state index is 13.6. The van der Waals surface area contributed by atoms with Gasteiger partial charge in [-0.15, -0.1) is 0 Å². The summed E-state index contributed by atoms with van der Waals surface area (Å²) in [6, 6.07) is 13.2. The van der Waals surface area contributed by atoms with Crippen molar-refractivity contribution in [2.45, 2.75) is 24.8 Å². The first-order valence-electron chi connectivity index (χ1n) is 10.9. The summed E-state index contributed by atoms with van der Waals surface area (Å²) in [5, 5.41) is 14.6. The summed E-state index contributed by atoms with van der Waals surface area (Å²) in [6.07, 6.45) is 1.06. The lowest BCUT2D eigenvalue weighted by Crippen LogP contribution is -2.27. The monoisotopic (exact) mass is 446 g/mol. The van der Waals surface area contributed by atoms with Crippen LogP contribution in [0.15, 0.2) is 58.4 Å². The third-order valence-corrected chi connectivity index (χ3v) is 6.32. The van der Waals surface area contributed by atoms with Gasteiger partial charge in [0.25, 0.3) is 0 Å². The number of ether oxygens (including phenoxy) is 3. The molecule has 2 N–H and O–H groups in total. The number of methoxy groups -OCH3 is 1. The smallest absolute Gasteiger partial charge is 0.219 e. The van der Waals surface area contributed by atoms with Gasteiger partial charge in [0.2, 0.25) is 11.6 Å². The van der Waals surface area contributed by atoms with E-state index >= 15 is 0 Å². The number of hydrogen-bond acceptors (Lipinski definition) is 9. The first kappa shape index (κ1) is 19.7. The topological polar surface area (TPSA) is 108 Å². The number of fused-ring (bicyclic) bond motifs is 2. The van der Waals surface area contributed by atoms with E-state index in [1.54, 1.807) is 7.11 Å². The van der Waals surface area contributed by atoms with Gasteiger partial charge in [0, 0.05) is 17.7 Å². The van der Waals surface area contributed by atoms with Crippen LogP contribution in [-0.4, -0.2) is 36.4 Å². The Morgan fingerprint density at radius 3 is 2.52 bits per heavy atom. The predicted molar refractivity (Wildman–Crippen MR) is 119 cm³/mol. The Hall–Kier alpha value is -4.01. The molecule has 0 amide bonds. The van der Waals surface area contributed by atoms with Crippen molar-refractivity contribution < 1.29 is 23.6 Å². The minimum atomic E-state index is -0.430. The van der Waals surface area contributed by atoms with E-state index in [1.807, 2.05) is 42.5 Å². The van der Waals surface area contributed by atoms with Crippen molar-refractivity contribution in [2.24, 2.45) is 0 Å². The number of carbonyl (C=O) groups excluding carboxylic acids is 1. The fourth-order valence-corrected chi connectivity index (χ4v) is 4.70. The largest absolute Gasteiger partial charge is 0.497 e. The van der Waals surface area contributed by atoms with Gasteiger partial charge in [-0.25, -0.2) is 4.63 Å². The van der Waals surface area contributed by atoms with E-state index in [2.05, 4.69) is 20.9 Å². The van der Waals surface area contributed by atoms with E-state index in [4.69, 9.17) is 18.8 Å². The molecule has 2 aromatic carbocycles. The molecule has 0 spiro atoms. The number of carbonyl (C=O) groups is 1. The van der Waals surface area contributed by atoms with Gasteiger partial charge in [-0.05, 0) is 58.0 Å². The molecule has 0 unspecified atom stereocenters. The number of rotatable bonds is 3. The number of ketones is 1. The molecular weight excluding hydrogens is 424 g/mol. The number of allylic oxidation sites excluding steroid dienone is 1. The van der Waals surface area contributed by atoms with Gasteiger partial charge in [-0.1, -0.05) is 18.2 Å². The highest BCUT2D eigenvalue weighted by Gasteiger charge is 2.37.